The minimum absolute atomic E-state index is 0.0000778. The number of nitriles is 1. The lowest BCUT2D eigenvalue weighted by atomic mass is 10.1. The lowest BCUT2D eigenvalue weighted by Crippen LogP contribution is -2.06. The van der Waals surface area contributed by atoms with Gasteiger partial charge in [-0.25, -0.2) is 0 Å². The largest absolute Gasteiger partial charge is 0.416 e. The number of halogens is 4. The van der Waals surface area contributed by atoms with E-state index in [0.717, 1.165) is 12.1 Å². The van der Waals surface area contributed by atoms with Crippen molar-refractivity contribution in [2.24, 2.45) is 0 Å². The Morgan fingerprint density at radius 1 is 1.29 bits per heavy atom. The average Bonchev–Trinajstić information content (AvgIpc) is 2.02. The molecular weight excluding hydrogens is 306 g/mol. The van der Waals surface area contributed by atoms with E-state index in [1.165, 1.54) is 0 Å². The second kappa shape index (κ2) is 4.17. The number of rotatable bonds is 1. The van der Waals surface area contributed by atoms with Crippen molar-refractivity contribution in [1.29, 1.82) is 5.26 Å². The third kappa shape index (κ3) is 2.87. The van der Waals surface area contributed by atoms with E-state index >= 15 is 0 Å². The van der Waals surface area contributed by atoms with Gasteiger partial charge in [-0.05, 0) is 46.4 Å². The second-order valence-corrected chi connectivity index (χ2v) is 3.93. The molecule has 0 aliphatic rings. The highest BCUT2D eigenvalue weighted by molar-refractivity contribution is 14.1. The molecule has 1 aromatic carbocycles. The molecule has 0 fully saturated rings. The topological polar surface area (TPSA) is 23.8 Å². The Morgan fingerprint density at radius 2 is 1.93 bits per heavy atom. The molecule has 0 radical (unpaired) electrons. The van der Waals surface area contributed by atoms with Crippen LogP contribution in [0.5, 0.6) is 0 Å². The summed E-state index contributed by atoms with van der Waals surface area (Å²) in [6.07, 6.45) is -4.34. The van der Waals surface area contributed by atoms with Crippen molar-refractivity contribution in [3.63, 3.8) is 0 Å². The molecule has 14 heavy (non-hydrogen) atoms. The van der Waals surface area contributed by atoms with E-state index in [-0.39, 0.29) is 6.42 Å². The van der Waals surface area contributed by atoms with Crippen molar-refractivity contribution in [1.82, 2.24) is 0 Å². The first-order chi connectivity index (χ1) is 6.43. The Balaban J connectivity index is 3.15. The van der Waals surface area contributed by atoms with E-state index in [2.05, 4.69) is 0 Å². The standard InChI is InChI=1S/C9H5F3IN/c10-9(11,12)7-3-6(1-2-14)4-8(13)5-7/h3-5H,1H2. The summed E-state index contributed by atoms with van der Waals surface area (Å²) in [4.78, 5) is 0. The van der Waals surface area contributed by atoms with E-state index < -0.39 is 11.7 Å². The fourth-order valence-electron chi connectivity index (χ4n) is 1.01. The Morgan fingerprint density at radius 3 is 2.43 bits per heavy atom. The zero-order chi connectivity index (χ0) is 10.8. The van der Waals surface area contributed by atoms with Crippen molar-refractivity contribution in [3.8, 4) is 6.07 Å². The lowest BCUT2D eigenvalue weighted by Gasteiger charge is -2.08. The van der Waals surface area contributed by atoms with Crippen LogP contribution in [0.3, 0.4) is 0 Å². The summed E-state index contributed by atoms with van der Waals surface area (Å²) in [6.45, 7) is 0. The van der Waals surface area contributed by atoms with Crippen LogP contribution in [0.2, 0.25) is 0 Å². The smallest absolute Gasteiger partial charge is 0.198 e. The van der Waals surface area contributed by atoms with Gasteiger partial charge in [0, 0.05) is 3.57 Å². The molecule has 0 aromatic heterocycles. The summed E-state index contributed by atoms with van der Waals surface area (Å²) in [5.41, 5.74) is -0.304. The van der Waals surface area contributed by atoms with Gasteiger partial charge in [0.15, 0.2) is 0 Å². The molecule has 0 spiro atoms. The van der Waals surface area contributed by atoms with E-state index in [9.17, 15) is 13.2 Å². The van der Waals surface area contributed by atoms with Crippen molar-refractivity contribution in [2.75, 3.05) is 0 Å². The third-order valence-electron chi connectivity index (χ3n) is 1.57. The van der Waals surface area contributed by atoms with E-state index in [4.69, 9.17) is 5.26 Å². The first-order valence-electron chi connectivity index (χ1n) is 3.67. The second-order valence-electron chi connectivity index (χ2n) is 2.68. The molecule has 5 heteroatoms. The summed E-state index contributed by atoms with van der Waals surface area (Å²) in [6, 6.07) is 5.45. The van der Waals surface area contributed by atoms with Gasteiger partial charge < -0.3 is 0 Å². The summed E-state index contributed by atoms with van der Waals surface area (Å²) in [7, 11) is 0. The van der Waals surface area contributed by atoms with E-state index in [1.54, 1.807) is 28.7 Å². The van der Waals surface area contributed by atoms with Gasteiger partial charge >= 0.3 is 6.18 Å². The highest BCUT2D eigenvalue weighted by Crippen LogP contribution is 2.31. The third-order valence-corrected chi connectivity index (χ3v) is 2.19. The first-order valence-corrected chi connectivity index (χ1v) is 4.75. The SMILES string of the molecule is N#CCc1cc(I)cc(C(F)(F)F)c1. The summed E-state index contributed by atoms with van der Waals surface area (Å²) in [5, 5.41) is 8.37. The van der Waals surface area contributed by atoms with E-state index in [0.29, 0.717) is 9.13 Å². The van der Waals surface area contributed by atoms with Crippen LogP contribution in [0.15, 0.2) is 18.2 Å². The number of benzene rings is 1. The number of alkyl halides is 3. The summed E-state index contributed by atoms with van der Waals surface area (Å²) in [5.74, 6) is 0. The van der Waals surface area contributed by atoms with Gasteiger partial charge in [0.1, 0.15) is 0 Å². The molecule has 1 aromatic rings. The van der Waals surface area contributed by atoms with Crippen LogP contribution in [-0.2, 0) is 12.6 Å². The zero-order valence-electron chi connectivity index (χ0n) is 6.90. The van der Waals surface area contributed by atoms with Crippen LogP contribution >= 0.6 is 22.6 Å². The average molecular weight is 311 g/mol. The van der Waals surface area contributed by atoms with Crippen LogP contribution < -0.4 is 0 Å². The zero-order valence-corrected chi connectivity index (χ0v) is 9.06. The van der Waals surface area contributed by atoms with E-state index in [1.807, 2.05) is 6.07 Å². The van der Waals surface area contributed by atoms with Gasteiger partial charge in [-0.3, -0.25) is 0 Å². The molecule has 0 saturated heterocycles. The molecule has 0 unspecified atom stereocenters. The quantitative estimate of drug-likeness (QED) is 0.730. The molecule has 0 saturated carbocycles. The molecule has 0 aliphatic carbocycles. The van der Waals surface area contributed by atoms with Crippen LogP contribution in [0.1, 0.15) is 11.1 Å². The predicted octanol–water partition coefficient (Wildman–Crippen LogP) is 3.38. The highest BCUT2D eigenvalue weighted by atomic mass is 127. The predicted molar refractivity (Wildman–Crippen MR) is 53.5 cm³/mol. The number of hydrogen-bond acceptors (Lipinski definition) is 1. The number of nitrogens with zero attached hydrogens (tertiary/aromatic N) is 1. The molecule has 0 bridgehead atoms. The van der Waals surface area contributed by atoms with Gasteiger partial charge in [-0.2, -0.15) is 18.4 Å². The van der Waals surface area contributed by atoms with Crippen LogP contribution in [0.25, 0.3) is 0 Å². The fourth-order valence-corrected chi connectivity index (χ4v) is 1.74. The normalized spacial score (nSPS) is 11.1. The molecule has 0 N–H and O–H groups in total. The molecule has 0 aliphatic heterocycles. The summed E-state index contributed by atoms with van der Waals surface area (Å²) >= 11 is 1.80. The van der Waals surface area contributed by atoms with Gasteiger partial charge in [-0.1, -0.05) is 0 Å². The Bertz CT molecular complexity index is 379. The fraction of sp³-hybridized carbons (Fsp3) is 0.222. The van der Waals surface area contributed by atoms with Crippen molar-refractivity contribution >= 4 is 22.6 Å². The number of hydrogen-bond donors (Lipinski definition) is 0. The van der Waals surface area contributed by atoms with Gasteiger partial charge in [0.25, 0.3) is 0 Å². The minimum Gasteiger partial charge on any atom is -0.198 e. The van der Waals surface area contributed by atoms with Gasteiger partial charge in [0.05, 0.1) is 18.1 Å². The molecule has 1 rings (SSSR count). The Labute approximate surface area is 92.7 Å². The molecule has 0 heterocycles. The van der Waals surface area contributed by atoms with Crippen LogP contribution in [0.4, 0.5) is 13.2 Å². The van der Waals surface area contributed by atoms with Crippen LogP contribution in [0, 0.1) is 14.9 Å². The molecular formula is C9H5F3IN. The Kier molecular flexibility index (Phi) is 3.37. The molecule has 1 nitrogen and oxygen atoms in total. The molecule has 74 valence electrons. The maximum atomic E-state index is 12.3. The van der Waals surface area contributed by atoms with Crippen molar-refractivity contribution in [3.05, 3.63) is 32.9 Å². The van der Waals surface area contributed by atoms with Crippen molar-refractivity contribution < 1.29 is 13.2 Å². The monoisotopic (exact) mass is 311 g/mol. The Hall–Kier alpha value is -0.770. The van der Waals surface area contributed by atoms with Crippen LogP contribution in [-0.4, -0.2) is 0 Å². The van der Waals surface area contributed by atoms with Gasteiger partial charge in [-0.15, -0.1) is 0 Å². The molecule has 0 atom stereocenters. The van der Waals surface area contributed by atoms with Gasteiger partial charge in [0.2, 0.25) is 0 Å². The maximum absolute atomic E-state index is 12.3. The summed E-state index contributed by atoms with van der Waals surface area (Å²) < 4.78 is 37.4. The first kappa shape index (κ1) is 11.3. The lowest BCUT2D eigenvalue weighted by molar-refractivity contribution is -0.137. The maximum Gasteiger partial charge on any atom is 0.416 e. The minimum atomic E-state index is -4.34. The molecule has 0 amide bonds. The van der Waals surface area contributed by atoms with Crippen molar-refractivity contribution in [2.45, 2.75) is 12.6 Å². The highest BCUT2D eigenvalue weighted by Gasteiger charge is 2.30.